The number of benzene rings is 3. The zero-order valence-electron chi connectivity index (χ0n) is 22.6. The number of nitrogens with one attached hydrogen (secondary N) is 1. The van der Waals surface area contributed by atoms with E-state index in [-0.39, 0.29) is 22.7 Å². The minimum absolute atomic E-state index is 0.148. The minimum atomic E-state index is -4.36. The summed E-state index contributed by atoms with van der Waals surface area (Å²) in [6.45, 7) is 5.00. The predicted octanol–water partition coefficient (Wildman–Crippen LogP) is 4.50. The summed E-state index contributed by atoms with van der Waals surface area (Å²) in [6.07, 6.45) is 0.668. The van der Waals surface area contributed by atoms with Crippen LogP contribution in [0.4, 0.5) is 14.5 Å². The zero-order chi connectivity index (χ0) is 29.3. The number of hydrogen-bond acceptors (Lipinski definition) is 5. The lowest BCUT2D eigenvalue weighted by Crippen LogP contribution is -2.51. The van der Waals surface area contributed by atoms with Crippen molar-refractivity contribution in [2.24, 2.45) is 0 Å². The van der Waals surface area contributed by atoms with Crippen molar-refractivity contribution < 1.29 is 31.5 Å². The summed E-state index contributed by atoms with van der Waals surface area (Å²) in [7, 11) is -4.36. The van der Waals surface area contributed by atoms with Gasteiger partial charge in [-0.15, -0.1) is 0 Å². The molecule has 1 N–H and O–H groups in total. The molecule has 0 unspecified atom stereocenters. The summed E-state index contributed by atoms with van der Waals surface area (Å²) in [5.74, 6) is -1.88. The van der Waals surface area contributed by atoms with Gasteiger partial charge in [-0.1, -0.05) is 25.1 Å². The number of ether oxygens (including phenoxy) is 1. The monoisotopic (exact) mass is 573 g/mol. The van der Waals surface area contributed by atoms with Gasteiger partial charge in [0.25, 0.3) is 10.0 Å². The second-order valence-corrected chi connectivity index (χ2v) is 10.8. The lowest BCUT2D eigenvalue weighted by atomic mass is 10.1. The number of rotatable bonds is 13. The van der Waals surface area contributed by atoms with Crippen molar-refractivity contribution in [1.82, 2.24) is 10.2 Å². The zero-order valence-corrected chi connectivity index (χ0v) is 23.5. The fraction of sp³-hybridized carbons (Fsp3) is 0.310. The number of sulfonamides is 1. The molecule has 1 atom stereocenters. The van der Waals surface area contributed by atoms with E-state index in [1.807, 2.05) is 6.92 Å². The summed E-state index contributed by atoms with van der Waals surface area (Å²) >= 11 is 0. The Morgan fingerprint density at radius 1 is 0.950 bits per heavy atom. The first-order valence-corrected chi connectivity index (χ1v) is 14.3. The highest BCUT2D eigenvalue weighted by atomic mass is 32.2. The van der Waals surface area contributed by atoms with E-state index in [0.717, 1.165) is 33.5 Å². The van der Waals surface area contributed by atoms with Gasteiger partial charge in [0.2, 0.25) is 11.8 Å². The molecule has 0 heterocycles. The summed E-state index contributed by atoms with van der Waals surface area (Å²) < 4.78 is 61.9. The van der Waals surface area contributed by atoms with Crippen LogP contribution < -0.4 is 14.4 Å². The third kappa shape index (κ3) is 7.56. The van der Waals surface area contributed by atoms with Crippen molar-refractivity contribution in [3.05, 3.63) is 90.0 Å². The lowest BCUT2D eigenvalue weighted by Gasteiger charge is -2.32. The van der Waals surface area contributed by atoms with Crippen molar-refractivity contribution in [2.75, 3.05) is 24.0 Å². The van der Waals surface area contributed by atoms with Crippen LogP contribution in [0.15, 0.2) is 77.7 Å². The molecule has 0 saturated heterocycles. The Kier molecular flexibility index (Phi) is 10.6. The van der Waals surface area contributed by atoms with E-state index in [4.69, 9.17) is 4.74 Å². The third-order valence-electron chi connectivity index (χ3n) is 6.13. The molecule has 0 fully saturated rings. The smallest absolute Gasteiger partial charge is 0.264 e. The number of halogens is 2. The van der Waals surface area contributed by atoms with Crippen LogP contribution in [0, 0.1) is 11.6 Å². The molecule has 3 aromatic rings. The number of carbonyl (C=O) groups is 2. The van der Waals surface area contributed by atoms with Crippen LogP contribution >= 0.6 is 0 Å². The standard InChI is InChI=1S/C29H33F2N3O5S/c1-4-18-32-29(36)21(3)33(19-22-8-6-7-9-27(22)31)28(35)20-34(24-12-14-25(15-13-24)39-5-2)40(37,38)26-16-10-23(30)11-17-26/h6-17,21H,4-5,18-20H2,1-3H3,(H,32,36)/t21-/m0/s1. The van der Waals surface area contributed by atoms with Crippen LogP contribution in [0.5, 0.6) is 5.75 Å². The Morgan fingerprint density at radius 2 is 1.60 bits per heavy atom. The molecule has 0 aliphatic heterocycles. The van der Waals surface area contributed by atoms with Gasteiger partial charge in [0.15, 0.2) is 0 Å². The fourth-order valence-corrected chi connectivity index (χ4v) is 5.34. The molecule has 3 rings (SSSR count). The predicted molar refractivity (Wildman–Crippen MR) is 148 cm³/mol. The van der Waals surface area contributed by atoms with Gasteiger partial charge in [0.1, 0.15) is 30.0 Å². The number of nitrogens with zero attached hydrogens (tertiary/aromatic N) is 2. The molecule has 0 radical (unpaired) electrons. The minimum Gasteiger partial charge on any atom is -0.494 e. The molecule has 0 spiro atoms. The van der Waals surface area contributed by atoms with Crippen molar-refractivity contribution in [3.63, 3.8) is 0 Å². The first kappa shape index (κ1) is 30.6. The van der Waals surface area contributed by atoms with Crippen LogP contribution in [-0.2, 0) is 26.2 Å². The Bertz CT molecular complexity index is 1400. The largest absolute Gasteiger partial charge is 0.494 e. The second kappa shape index (κ2) is 13.9. The molecule has 40 heavy (non-hydrogen) atoms. The summed E-state index contributed by atoms with van der Waals surface area (Å²) in [6, 6.07) is 15.1. The summed E-state index contributed by atoms with van der Waals surface area (Å²) in [5.41, 5.74) is 0.315. The number of hydrogen-bond donors (Lipinski definition) is 1. The van der Waals surface area contributed by atoms with Gasteiger partial charge in [-0.25, -0.2) is 17.2 Å². The maximum Gasteiger partial charge on any atom is 0.264 e. The van der Waals surface area contributed by atoms with E-state index in [0.29, 0.717) is 25.3 Å². The molecule has 0 aromatic heterocycles. The van der Waals surface area contributed by atoms with Gasteiger partial charge in [0, 0.05) is 18.7 Å². The van der Waals surface area contributed by atoms with Gasteiger partial charge in [-0.05, 0) is 74.9 Å². The Balaban J connectivity index is 2.03. The van der Waals surface area contributed by atoms with E-state index >= 15 is 0 Å². The average Bonchev–Trinajstić information content (AvgIpc) is 2.94. The van der Waals surface area contributed by atoms with Crippen LogP contribution in [0.1, 0.15) is 32.8 Å². The van der Waals surface area contributed by atoms with Gasteiger partial charge < -0.3 is 15.0 Å². The first-order chi connectivity index (χ1) is 19.1. The molecule has 11 heteroatoms. The molecule has 8 nitrogen and oxygen atoms in total. The van der Waals surface area contributed by atoms with Crippen LogP contribution in [0.3, 0.4) is 0 Å². The third-order valence-corrected chi connectivity index (χ3v) is 7.92. The number of amides is 2. The van der Waals surface area contributed by atoms with Gasteiger partial charge >= 0.3 is 0 Å². The van der Waals surface area contributed by atoms with Crippen LogP contribution in [0.2, 0.25) is 0 Å². The van der Waals surface area contributed by atoms with Gasteiger partial charge in [-0.2, -0.15) is 0 Å². The SMILES string of the molecule is CCCNC(=O)[C@H](C)N(Cc1ccccc1F)C(=O)CN(c1ccc(OCC)cc1)S(=O)(=O)c1ccc(F)cc1. The summed E-state index contributed by atoms with van der Waals surface area (Å²) in [4.78, 5) is 27.6. The molecule has 0 bridgehead atoms. The number of carbonyl (C=O) groups excluding carboxylic acids is 2. The highest BCUT2D eigenvalue weighted by molar-refractivity contribution is 7.92. The van der Waals surface area contributed by atoms with Crippen LogP contribution in [0.25, 0.3) is 0 Å². The topological polar surface area (TPSA) is 96.0 Å². The molecular formula is C29H33F2N3O5S. The Labute approximate surface area is 233 Å². The van der Waals surface area contributed by atoms with E-state index < -0.39 is 46.1 Å². The van der Waals surface area contributed by atoms with Crippen molar-refractivity contribution >= 4 is 27.5 Å². The molecule has 0 saturated carbocycles. The lowest BCUT2D eigenvalue weighted by molar-refractivity contribution is -0.139. The average molecular weight is 574 g/mol. The Morgan fingerprint density at radius 3 is 2.20 bits per heavy atom. The Hall–Kier alpha value is -3.99. The molecule has 0 aliphatic carbocycles. The van der Waals surface area contributed by atoms with E-state index in [2.05, 4.69) is 5.32 Å². The normalized spacial score (nSPS) is 11.9. The van der Waals surface area contributed by atoms with Crippen molar-refractivity contribution in [3.8, 4) is 5.75 Å². The molecule has 3 aromatic carbocycles. The first-order valence-electron chi connectivity index (χ1n) is 12.9. The second-order valence-electron chi connectivity index (χ2n) is 8.97. The van der Waals surface area contributed by atoms with Gasteiger partial charge in [-0.3, -0.25) is 13.9 Å². The molecule has 2 amide bonds. The van der Waals surface area contributed by atoms with E-state index in [9.17, 15) is 26.8 Å². The maximum atomic E-state index is 14.6. The van der Waals surface area contributed by atoms with Crippen molar-refractivity contribution in [1.29, 1.82) is 0 Å². The molecular weight excluding hydrogens is 540 g/mol. The highest BCUT2D eigenvalue weighted by Crippen LogP contribution is 2.27. The van der Waals surface area contributed by atoms with E-state index in [1.165, 1.54) is 37.3 Å². The molecule has 214 valence electrons. The van der Waals surface area contributed by atoms with Crippen molar-refractivity contribution in [2.45, 2.75) is 44.7 Å². The highest BCUT2D eigenvalue weighted by Gasteiger charge is 2.33. The maximum absolute atomic E-state index is 14.6. The quantitative estimate of drug-likeness (QED) is 0.325. The van der Waals surface area contributed by atoms with Gasteiger partial charge in [0.05, 0.1) is 17.2 Å². The summed E-state index contributed by atoms with van der Waals surface area (Å²) in [5, 5.41) is 2.72. The van der Waals surface area contributed by atoms with E-state index in [1.54, 1.807) is 25.1 Å². The van der Waals surface area contributed by atoms with Crippen LogP contribution in [-0.4, -0.2) is 50.9 Å². The number of anilines is 1. The fourth-order valence-electron chi connectivity index (χ4n) is 3.93. The molecule has 0 aliphatic rings.